The predicted octanol–water partition coefficient (Wildman–Crippen LogP) is 3.97. The second-order valence-corrected chi connectivity index (χ2v) is 5.61. The number of hydrogen-bond donors (Lipinski definition) is 2. The quantitative estimate of drug-likeness (QED) is 0.837. The molecule has 0 fully saturated rings. The molecule has 0 bridgehead atoms. The largest absolute Gasteiger partial charge is 0.369 e. The minimum atomic E-state index is -0.357. The standard InChI is InChI=1S/C14H14BrClN4O/c1-2-5-17-13-8-18-12(7-19-13)14(21)20-11-6-9(15)3-4-10(11)16/h3-4,6-8H,2,5H2,1H3,(H,17,19)(H,20,21). The smallest absolute Gasteiger partial charge is 0.275 e. The summed E-state index contributed by atoms with van der Waals surface area (Å²) in [6.45, 7) is 2.87. The van der Waals surface area contributed by atoms with E-state index in [2.05, 4.69) is 43.5 Å². The van der Waals surface area contributed by atoms with Gasteiger partial charge in [0.05, 0.1) is 23.1 Å². The Morgan fingerprint density at radius 1 is 1.33 bits per heavy atom. The Morgan fingerprint density at radius 3 is 2.81 bits per heavy atom. The molecule has 7 heteroatoms. The Labute approximate surface area is 136 Å². The van der Waals surface area contributed by atoms with Gasteiger partial charge >= 0.3 is 0 Å². The van der Waals surface area contributed by atoms with Gasteiger partial charge in [-0.05, 0) is 24.6 Å². The highest BCUT2D eigenvalue weighted by molar-refractivity contribution is 9.10. The Morgan fingerprint density at radius 2 is 2.14 bits per heavy atom. The summed E-state index contributed by atoms with van der Waals surface area (Å²) in [6, 6.07) is 5.22. The third-order valence-electron chi connectivity index (χ3n) is 2.62. The Bertz CT molecular complexity index is 633. The van der Waals surface area contributed by atoms with Crippen LogP contribution in [0.25, 0.3) is 0 Å². The molecule has 1 aromatic carbocycles. The third kappa shape index (κ3) is 4.41. The second-order valence-electron chi connectivity index (χ2n) is 4.29. The lowest BCUT2D eigenvalue weighted by atomic mass is 10.3. The van der Waals surface area contributed by atoms with Crippen LogP contribution in [0.5, 0.6) is 0 Å². The topological polar surface area (TPSA) is 66.9 Å². The summed E-state index contributed by atoms with van der Waals surface area (Å²) < 4.78 is 0.826. The Kier molecular flexibility index (Phi) is 5.52. The highest BCUT2D eigenvalue weighted by Gasteiger charge is 2.11. The van der Waals surface area contributed by atoms with Crippen LogP contribution >= 0.6 is 27.5 Å². The van der Waals surface area contributed by atoms with Gasteiger partial charge in [-0.15, -0.1) is 0 Å². The predicted molar refractivity (Wildman–Crippen MR) is 87.9 cm³/mol. The summed E-state index contributed by atoms with van der Waals surface area (Å²) in [5.41, 5.74) is 0.749. The number of carbonyl (C=O) groups is 1. The monoisotopic (exact) mass is 368 g/mol. The molecule has 2 rings (SSSR count). The molecule has 5 nitrogen and oxygen atoms in total. The van der Waals surface area contributed by atoms with Crippen LogP contribution in [0, 0.1) is 0 Å². The van der Waals surface area contributed by atoms with Crippen LogP contribution in [0.1, 0.15) is 23.8 Å². The molecule has 0 saturated heterocycles. The molecule has 1 heterocycles. The molecular formula is C14H14BrClN4O. The maximum atomic E-state index is 12.1. The average Bonchev–Trinajstić information content (AvgIpc) is 2.49. The van der Waals surface area contributed by atoms with Gasteiger partial charge in [0.25, 0.3) is 5.91 Å². The Hall–Kier alpha value is -1.66. The molecule has 110 valence electrons. The first kappa shape index (κ1) is 15.7. The minimum Gasteiger partial charge on any atom is -0.369 e. The number of rotatable bonds is 5. The van der Waals surface area contributed by atoms with E-state index in [0.29, 0.717) is 16.5 Å². The number of hydrogen-bond acceptors (Lipinski definition) is 4. The van der Waals surface area contributed by atoms with Crippen molar-refractivity contribution in [1.82, 2.24) is 9.97 Å². The van der Waals surface area contributed by atoms with E-state index in [1.807, 2.05) is 0 Å². The van der Waals surface area contributed by atoms with Crippen molar-refractivity contribution in [3.63, 3.8) is 0 Å². The molecule has 21 heavy (non-hydrogen) atoms. The van der Waals surface area contributed by atoms with Crippen LogP contribution in [-0.2, 0) is 0 Å². The summed E-state index contributed by atoms with van der Waals surface area (Å²) in [5, 5.41) is 6.26. The number of nitrogens with zero attached hydrogens (tertiary/aromatic N) is 2. The van der Waals surface area contributed by atoms with E-state index in [0.717, 1.165) is 17.4 Å². The summed E-state index contributed by atoms with van der Waals surface area (Å²) >= 11 is 9.36. The zero-order valence-corrected chi connectivity index (χ0v) is 13.7. The number of anilines is 2. The minimum absolute atomic E-state index is 0.230. The van der Waals surface area contributed by atoms with Crippen molar-refractivity contribution in [3.8, 4) is 0 Å². The molecule has 0 radical (unpaired) electrons. The van der Waals surface area contributed by atoms with Gasteiger partial charge in [0.2, 0.25) is 0 Å². The number of amides is 1. The van der Waals surface area contributed by atoms with Crippen molar-refractivity contribution in [3.05, 3.63) is 45.8 Å². The SMILES string of the molecule is CCCNc1cnc(C(=O)Nc2cc(Br)ccc2Cl)cn1. The lowest BCUT2D eigenvalue weighted by Gasteiger charge is -2.08. The van der Waals surface area contributed by atoms with E-state index in [-0.39, 0.29) is 11.6 Å². The van der Waals surface area contributed by atoms with Crippen molar-refractivity contribution in [1.29, 1.82) is 0 Å². The molecule has 0 atom stereocenters. The number of aromatic nitrogens is 2. The fourth-order valence-electron chi connectivity index (χ4n) is 1.57. The maximum Gasteiger partial charge on any atom is 0.275 e. The number of benzene rings is 1. The summed E-state index contributed by atoms with van der Waals surface area (Å²) in [6.07, 6.45) is 3.96. The first-order valence-corrected chi connectivity index (χ1v) is 7.59. The van der Waals surface area contributed by atoms with Crippen molar-refractivity contribution in [2.75, 3.05) is 17.2 Å². The number of nitrogens with one attached hydrogen (secondary N) is 2. The molecule has 2 N–H and O–H groups in total. The normalized spacial score (nSPS) is 10.2. The molecular weight excluding hydrogens is 356 g/mol. The van der Waals surface area contributed by atoms with Crippen molar-refractivity contribution >= 4 is 44.9 Å². The fourth-order valence-corrected chi connectivity index (χ4v) is 2.10. The van der Waals surface area contributed by atoms with Crippen molar-refractivity contribution in [2.24, 2.45) is 0 Å². The summed E-state index contributed by atoms with van der Waals surface area (Å²) in [7, 11) is 0. The molecule has 0 spiro atoms. The lowest BCUT2D eigenvalue weighted by Crippen LogP contribution is -2.15. The van der Waals surface area contributed by atoms with Crippen LogP contribution < -0.4 is 10.6 Å². The van der Waals surface area contributed by atoms with E-state index in [9.17, 15) is 4.79 Å². The van der Waals surface area contributed by atoms with Crippen LogP contribution in [0.4, 0.5) is 11.5 Å². The molecule has 0 aliphatic rings. The van der Waals surface area contributed by atoms with E-state index in [1.165, 1.54) is 12.4 Å². The van der Waals surface area contributed by atoms with E-state index in [4.69, 9.17) is 11.6 Å². The highest BCUT2D eigenvalue weighted by Crippen LogP contribution is 2.25. The molecule has 0 unspecified atom stereocenters. The van der Waals surface area contributed by atoms with Gasteiger partial charge < -0.3 is 10.6 Å². The third-order valence-corrected chi connectivity index (χ3v) is 3.44. The number of carbonyl (C=O) groups excluding carboxylic acids is 1. The van der Waals surface area contributed by atoms with Crippen LogP contribution in [0.15, 0.2) is 35.1 Å². The zero-order chi connectivity index (χ0) is 15.2. The van der Waals surface area contributed by atoms with Crippen molar-refractivity contribution in [2.45, 2.75) is 13.3 Å². The molecule has 0 aliphatic carbocycles. The van der Waals surface area contributed by atoms with Gasteiger partial charge in [-0.3, -0.25) is 4.79 Å². The molecule has 1 amide bonds. The van der Waals surface area contributed by atoms with Crippen molar-refractivity contribution < 1.29 is 4.79 Å². The van der Waals surface area contributed by atoms with Crippen LogP contribution in [0.2, 0.25) is 5.02 Å². The second kappa shape index (κ2) is 7.38. The first-order chi connectivity index (χ1) is 10.1. The van der Waals surface area contributed by atoms with E-state index < -0.39 is 0 Å². The molecule has 2 aromatic rings. The van der Waals surface area contributed by atoms with Gasteiger partial charge in [0.1, 0.15) is 11.5 Å². The summed E-state index contributed by atoms with van der Waals surface area (Å²) in [5.74, 6) is 0.290. The van der Waals surface area contributed by atoms with Crippen LogP contribution in [-0.4, -0.2) is 22.4 Å². The van der Waals surface area contributed by atoms with Gasteiger partial charge in [-0.1, -0.05) is 34.5 Å². The molecule has 0 aliphatic heterocycles. The average molecular weight is 370 g/mol. The van der Waals surface area contributed by atoms with Crippen LogP contribution in [0.3, 0.4) is 0 Å². The van der Waals surface area contributed by atoms with E-state index in [1.54, 1.807) is 18.2 Å². The first-order valence-electron chi connectivity index (χ1n) is 6.42. The van der Waals surface area contributed by atoms with Gasteiger partial charge in [0.15, 0.2) is 0 Å². The highest BCUT2D eigenvalue weighted by atomic mass is 79.9. The number of halogens is 2. The van der Waals surface area contributed by atoms with E-state index >= 15 is 0 Å². The fraction of sp³-hybridized carbons (Fsp3) is 0.214. The lowest BCUT2D eigenvalue weighted by molar-refractivity contribution is 0.102. The Balaban J connectivity index is 2.07. The maximum absolute atomic E-state index is 12.1. The molecule has 1 aromatic heterocycles. The summed E-state index contributed by atoms with van der Waals surface area (Å²) in [4.78, 5) is 20.3. The zero-order valence-electron chi connectivity index (χ0n) is 11.4. The van der Waals surface area contributed by atoms with Gasteiger partial charge in [-0.25, -0.2) is 9.97 Å². The van der Waals surface area contributed by atoms with Gasteiger partial charge in [-0.2, -0.15) is 0 Å². The van der Waals surface area contributed by atoms with Gasteiger partial charge in [0, 0.05) is 11.0 Å². The molecule has 0 saturated carbocycles.